The number of carboxylic acids is 1. The quantitative estimate of drug-likeness (QED) is 0.387. The molecule has 0 aliphatic heterocycles. The van der Waals surface area contributed by atoms with Gasteiger partial charge in [-0.2, -0.15) is 5.26 Å². The van der Waals surface area contributed by atoms with E-state index >= 15 is 0 Å². The van der Waals surface area contributed by atoms with Crippen molar-refractivity contribution in [3.05, 3.63) is 41.6 Å². The lowest BCUT2D eigenvalue weighted by Crippen LogP contribution is -2.30. The van der Waals surface area contributed by atoms with Gasteiger partial charge >= 0.3 is 11.9 Å². The van der Waals surface area contributed by atoms with E-state index in [0.29, 0.717) is 5.69 Å². The van der Waals surface area contributed by atoms with Gasteiger partial charge < -0.3 is 20.5 Å². The maximum absolute atomic E-state index is 11.8. The molecule has 0 aliphatic rings. The molecule has 0 heterocycles. The van der Waals surface area contributed by atoms with Crippen LogP contribution in [0.2, 0.25) is 0 Å². The van der Waals surface area contributed by atoms with E-state index in [4.69, 9.17) is 15.1 Å². The van der Waals surface area contributed by atoms with E-state index in [1.54, 1.807) is 31.2 Å². The third-order valence-corrected chi connectivity index (χ3v) is 2.56. The molecule has 23 heavy (non-hydrogen) atoms. The van der Waals surface area contributed by atoms with Crippen LogP contribution in [0.3, 0.4) is 0 Å². The van der Waals surface area contributed by atoms with E-state index < -0.39 is 24.4 Å². The molecule has 8 heteroatoms. The molecule has 3 N–H and O–H groups in total. The Hall–Kier alpha value is -3.34. The molecule has 0 aliphatic carbocycles. The van der Waals surface area contributed by atoms with Crippen molar-refractivity contribution in [2.75, 3.05) is 18.5 Å². The van der Waals surface area contributed by atoms with Gasteiger partial charge in [-0.25, -0.2) is 4.79 Å². The number of carboxylic acid groups (broad SMARTS) is 1. The highest BCUT2D eigenvalue weighted by Gasteiger charge is 2.13. The molecule has 0 radical (unpaired) electrons. The van der Waals surface area contributed by atoms with Crippen LogP contribution >= 0.6 is 0 Å². The Labute approximate surface area is 132 Å². The summed E-state index contributed by atoms with van der Waals surface area (Å²) in [6.07, 6.45) is 1.09. The number of esters is 1. The van der Waals surface area contributed by atoms with Crippen LogP contribution in [0.1, 0.15) is 17.3 Å². The first-order valence-corrected chi connectivity index (χ1v) is 6.62. The number of aliphatic carboxylic acids is 1. The lowest BCUT2D eigenvalue weighted by atomic mass is 10.2. The Morgan fingerprint density at radius 3 is 2.65 bits per heavy atom. The average Bonchev–Trinajstić information content (AvgIpc) is 2.54. The molecular formula is C15H15N3O5. The van der Waals surface area contributed by atoms with E-state index in [-0.39, 0.29) is 17.7 Å². The zero-order chi connectivity index (χ0) is 17.2. The molecule has 0 unspecified atom stereocenters. The highest BCUT2D eigenvalue weighted by Crippen LogP contribution is 2.16. The van der Waals surface area contributed by atoms with Crippen LogP contribution in [0.15, 0.2) is 36.0 Å². The molecule has 1 rings (SSSR count). The van der Waals surface area contributed by atoms with Gasteiger partial charge in [0.1, 0.15) is 18.2 Å². The summed E-state index contributed by atoms with van der Waals surface area (Å²) >= 11 is 0. The number of ether oxygens (including phenoxy) is 1. The number of amides is 1. The zero-order valence-corrected chi connectivity index (χ0v) is 12.3. The number of carbonyl (C=O) groups is 3. The van der Waals surface area contributed by atoms with E-state index in [1.165, 1.54) is 6.07 Å². The lowest BCUT2D eigenvalue weighted by Gasteiger charge is -2.08. The third kappa shape index (κ3) is 5.51. The Bertz CT molecular complexity index is 676. The summed E-state index contributed by atoms with van der Waals surface area (Å²) in [5.41, 5.74) is 0.267. The van der Waals surface area contributed by atoms with Crippen molar-refractivity contribution in [3.8, 4) is 6.07 Å². The van der Waals surface area contributed by atoms with Crippen molar-refractivity contribution in [2.45, 2.75) is 6.92 Å². The molecule has 0 fully saturated rings. The van der Waals surface area contributed by atoms with E-state index in [2.05, 4.69) is 10.6 Å². The molecule has 0 bridgehead atoms. The van der Waals surface area contributed by atoms with Gasteiger partial charge in [-0.3, -0.25) is 9.59 Å². The number of para-hydroxylation sites is 1. The molecule has 1 amide bonds. The Morgan fingerprint density at radius 2 is 2.04 bits per heavy atom. The zero-order valence-electron chi connectivity index (χ0n) is 12.3. The smallest absolute Gasteiger partial charge is 0.340 e. The van der Waals surface area contributed by atoms with Crippen molar-refractivity contribution in [1.29, 1.82) is 5.26 Å². The van der Waals surface area contributed by atoms with Crippen LogP contribution in [0.25, 0.3) is 0 Å². The maximum atomic E-state index is 11.8. The van der Waals surface area contributed by atoms with Gasteiger partial charge in [0.15, 0.2) is 0 Å². The second-order valence-electron chi connectivity index (χ2n) is 4.16. The van der Waals surface area contributed by atoms with Crippen molar-refractivity contribution in [3.63, 3.8) is 0 Å². The highest BCUT2D eigenvalue weighted by atomic mass is 16.5. The molecular weight excluding hydrogens is 302 g/mol. The van der Waals surface area contributed by atoms with Crippen LogP contribution < -0.4 is 10.6 Å². The summed E-state index contributed by atoms with van der Waals surface area (Å²) in [4.78, 5) is 33.8. The minimum absolute atomic E-state index is 0.212. The molecule has 1 aromatic rings. The first-order chi connectivity index (χ1) is 11.0. The number of benzene rings is 1. The first-order valence-electron chi connectivity index (χ1n) is 6.62. The predicted octanol–water partition coefficient (Wildman–Crippen LogP) is 0.883. The third-order valence-electron chi connectivity index (χ3n) is 2.56. The summed E-state index contributed by atoms with van der Waals surface area (Å²) in [5, 5.41) is 22.2. The number of hydrogen-bond acceptors (Lipinski definition) is 6. The largest absolute Gasteiger partial charge is 0.480 e. The minimum Gasteiger partial charge on any atom is -0.480 e. The van der Waals surface area contributed by atoms with Crippen LogP contribution in [-0.4, -0.2) is 36.1 Å². The number of anilines is 1. The second kappa shape index (κ2) is 8.84. The molecule has 0 aromatic heterocycles. The topological polar surface area (TPSA) is 129 Å². The molecule has 0 spiro atoms. The predicted molar refractivity (Wildman–Crippen MR) is 80.4 cm³/mol. The van der Waals surface area contributed by atoms with E-state index in [1.807, 2.05) is 0 Å². The number of carbonyl (C=O) groups excluding carboxylic acids is 2. The molecule has 120 valence electrons. The summed E-state index contributed by atoms with van der Waals surface area (Å²) in [7, 11) is 0. The molecule has 1 aromatic carbocycles. The van der Waals surface area contributed by atoms with Gasteiger partial charge in [0, 0.05) is 6.20 Å². The van der Waals surface area contributed by atoms with Gasteiger partial charge in [0.2, 0.25) is 0 Å². The molecule has 8 nitrogen and oxygen atoms in total. The Morgan fingerprint density at radius 1 is 1.35 bits per heavy atom. The Balaban J connectivity index is 2.90. The number of hydrogen-bond donors (Lipinski definition) is 3. The van der Waals surface area contributed by atoms with Crippen LogP contribution in [-0.2, 0) is 14.3 Å². The van der Waals surface area contributed by atoms with Crippen molar-refractivity contribution >= 4 is 23.5 Å². The lowest BCUT2D eigenvalue weighted by molar-refractivity contribution is -0.137. The Kier molecular flexibility index (Phi) is 6.81. The summed E-state index contributed by atoms with van der Waals surface area (Å²) in [6.45, 7) is 1.29. The van der Waals surface area contributed by atoms with Gasteiger partial charge in [-0.15, -0.1) is 0 Å². The number of nitrogens with one attached hydrogen (secondary N) is 2. The SMILES string of the molecule is CCOC(=O)c1ccccc1N/C=C(/C#N)C(=O)NCC(=O)O. The van der Waals surface area contributed by atoms with Gasteiger partial charge in [-0.1, -0.05) is 12.1 Å². The number of nitriles is 1. The number of rotatable bonds is 7. The standard InChI is InChI=1S/C15H15N3O5/c1-2-23-15(22)11-5-3-4-6-12(11)17-8-10(7-16)14(21)18-9-13(19)20/h3-6,8,17H,2,9H2,1H3,(H,18,21)(H,19,20)/b10-8-. The van der Waals surface area contributed by atoms with Crippen LogP contribution in [0.5, 0.6) is 0 Å². The average molecular weight is 317 g/mol. The molecule has 0 saturated carbocycles. The fourth-order valence-electron chi connectivity index (χ4n) is 1.55. The molecule has 0 atom stereocenters. The van der Waals surface area contributed by atoms with Crippen molar-refractivity contribution in [1.82, 2.24) is 5.32 Å². The summed E-state index contributed by atoms with van der Waals surface area (Å²) in [5.74, 6) is -2.61. The number of nitrogens with zero attached hydrogens (tertiary/aromatic N) is 1. The van der Waals surface area contributed by atoms with Crippen LogP contribution in [0.4, 0.5) is 5.69 Å². The first kappa shape index (κ1) is 17.7. The van der Waals surface area contributed by atoms with Gasteiger partial charge in [0.25, 0.3) is 5.91 Å². The fourth-order valence-corrected chi connectivity index (χ4v) is 1.55. The summed E-state index contributed by atoms with van der Waals surface area (Å²) < 4.78 is 4.90. The normalized spacial score (nSPS) is 10.3. The van der Waals surface area contributed by atoms with Crippen LogP contribution in [0, 0.1) is 11.3 Å². The summed E-state index contributed by atoms with van der Waals surface area (Å²) in [6, 6.07) is 8.06. The van der Waals surface area contributed by atoms with E-state index in [9.17, 15) is 14.4 Å². The monoisotopic (exact) mass is 317 g/mol. The van der Waals surface area contributed by atoms with Crippen molar-refractivity contribution in [2.24, 2.45) is 0 Å². The second-order valence-corrected chi connectivity index (χ2v) is 4.16. The van der Waals surface area contributed by atoms with Crippen molar-refractivity contribution < 1.29 is 24.2 Å². The fraction of sp³-hybridized carbons (Fsp3) is 0.200. The van der Waals surface area contributed by atoms with Gasteiger partial charge in [0.05, 0.1) is 17.9 Å². The highest BCUT2D eigenvalue weighted by molar-refractivity contribution is 5.99. The maximum Gasteiger partial charge on any atom is 0.340 e. The molecule has 0 saturated heterocycles. The minimum atomic E-state index is -1.23. The van der Waals surface area contributed by atoms with Gasteiger partial charge in [-0.05, 0) is 19.1 Å². The van der Waals surface area contributed by atoms with E-state index in [0.717, 1.165) is 6.20 Å².